The largest absolute Gasteiger partial charge is 0.350 e. The van der Waals surface area contributed by atoms with E-state index in [9.17, 15) is 4.79 Å². The zero-order valence-corrected chi connectivity index (χ0v) is 11.2. The van der Waals surface area contributed by atoms with E-state index in [4.69, 9.17) is 5.73 Å². The Morgan fingerprint density at radius 3 is 2.50 bits per heavy atom. The van der Waals surface area contributed by atoms with E-state index in [1.807, 2.05) is 37.3 Å². The van der Waals surface area contributed by atoms with Crippen molar-refractivity contribution in [2.75, 3.05) is 6.54 Å². The Labute approximate surface area is 110 Å². The summed E-state index contributed by atoms with van der Waals surface area (Å²) in [6.45, 7) is 2.76. The van der Waals surface area contributed by atoms with Crippen molar-refractivity contribution in [1.29, 1.82) is 0 Å². The summed E-state index contributed by atoms with van der Waals surface area (Å²) < 4.78 is 0. The van der Waals surface area contributed by atoms with Crippen LogP contribution in [0.3, 0.4) is 0 Å². The molecule has 0 aliphatic rings. The summed E-state index contributed by atoms with van der Waals surface area (Å²) in [5.74, 6) is 0.138. The lowest BCUT2D eigenvalue weighted by molar-refractivity contribution is -0.121. The quantitative estimate of drug-likeness (QED) is 0.695. The summed E-state index contributed by atoms with van der Waals surface area (Å²) >= 11 is 0. The van der Waals surface area contributed by atoms with Crippen molar-refractivity contribution in [1.82, 2.24) is 5.32 Å². The number of unbranched alkanes of at least 4 members (excludes halogenated alkanes) is 3. The van der Waals surface area contributed by atoms with E-state index in [0.29, 0.717) is 6.42 Å². The molecule has 1 rings (SSSR count). The van der Waals surface area contributed by atoms with Crippen LogP contribution >= 0.6 is 0 Å². The van der Waals surface area contributed by atoms with Crippen LogP contribution < -0.4 is 11.1 Å². The summed E-state index contributed by atoms with van der Waals surface area (Å²) in [7, 11) is 0. The number of benzene rings is 1. The lowest BCUT2D eigenvalue weighted by atomic mass is 10.1. The SMILES string of the molecule is C[C@@H](NC(=O)CCCCCCN)c1ccccc1. The molecule has 0 radical (unpaired) electrons. The Morgan fingerprint density at radius 1 is 1.17 bits per heavy atom. The van der Waals surface area contributed by atoms with Crippen molar-refractivity contribution in [3.8, 4) is 0 Å². The highest BCUT2D eigenvalue weighted by atomic mass is 16.1. The van der Waals surface area contributed by atoms with E-state index < -0.39 is 0 Å². The van der Waals surface area contributed by atoms with Gasteiger partial charge < -0.3 is 11.1 Å². The highest BCUT2D eigenvalue weighted by Gasteiger charge is 2.08. The maximum atomic E-state index is 11.7. The van der Waals surface area contributed by atoms with Crippen LogP contribution in [-0.4, -0.2) is 12.5 Å². The first-order chi connectivity index (χ1) is 8.74. The zero-order valence-electron chi connectivity index (χ0n) is 11.2. The van der Waals surface area contributed by atoms with Gasteiger partial charge in [0.1, 0.15) is 0 Å². The number of nitrogens with two attached hydrogens (primary N) is 1. The fraction of sp³-hybridized carbons (Fsp3) is 0.533. The first kappa shape index (κ1) is 14.7. The Balaban J connectivity index is 2.20. The molecule has 0 fully saturated rings. The van der Waals surface area contributed by atoms with Crippen molar-refractivity contribution >= 4 is 5.91 Å². The van der Waals surface area contributed by atoms with Crippen LogP contribution in [0, 0.1) is 0 Å². The number of hydrogen-bond acceptors (Lipinski definition) is 2. The molecule has 0 aliphatic carbocycles. The summed E-state index contributed by atoms with van der Waals surface area (Å²) in [5.41, 5.74) is 6.57. The van der Waals surface area contributed by atoms with Gasteiger partial charge in [-0.2, -0.15) is 0 Å². The second-order valence-electron chi connectivity index (χ2n) is 4.65. The molecule has 3 N–H and O–H groups in total. The van der Waals surface area contributed by atoms with E-state index in [2.05, 4.69) is 5.32 Å². The molecule has 0 heterocycles. The van der Waals surface area contributed by atoms with Crippen molar-refractivity contribution < 1.29 is 4.79 Å². The fourth-order valence-electron chi connectivity index (χ4n) is 1.92. The predicted molar refractivity (Wildman–Crippen MR) is 75.1 cm³/mol. The van der Waals surface area contributed by atoms with Crippen LogP contribution in [0.25, 0.3) is 0 Å². The molecule has 0 aromatic heterocycles. The molecule has 0 saturated heterocycles. The smallest absolute Gasteiger partial charge is 0.220 e. The van der Waals surface area contributed by atoms with Crippen LogP contribution in [0.15, 0.2) is 30.3 Å². The van der Waals surface area contributed by atoms with Gasteiger partial charge in [0, 0.05) is 6.42 Å². The lowest BCUT2D eigenvalue weighted by Gasteiger charge is -2.14. The molecule has 1 amide bonds. The molecule has 0 unspecified atom stereocenters. The molecule has 1 aromatic rings. The molecular weight excluding hydrogens is 224 g/mol. The van der Waals surface area contributed by atoms with Crippen LogP contribution in [0.1, 0.15) is 50.6 Å². The van der Waals surface area contributed by atoms with Gasteiger partial charge in [0.05, 0.1) is 6.04 Å². The number of rotatable bonds is 8. The first-order valence-corrected chi connectivity index (χ1v) is 6.78. The third kappa shape index (κ3) is 5.82. The van der Waals surface area contributed by atoms with Gasteiger partial charge in [0.2, 0.25) is 5.91 Å². The van der Waals surface area contributed by atoms with Gasteiger partial charge in [0.15, 0.2) is 0 Å². The van der Waals surface area contributed by atoms with Crippen molar-refractivity contribution in [3.05, 3.63) is 35.9 Å². The molecule has 100 valence electrons. The van der Waals surface area contributed by atoms with Gasteiger partial charge in [-0.3, -0.25) is 4.79 Å². The van der Waals surface area contributed by atoms with Gasteiger partial charge in [0.25, 0.3) is 0 Å². The predicted octanol–water partition coefficient (Wildman–Crippen LogP) is 2.77. The molecule has 18 heavy (non-hydrogen) atoms. The Hall–Kier alpha value is -1.35. The third-order valence-corrected chi connectivity index (χ3v) is 3.04. The lowest BCUT2D eigenvalue weighted by Crippen LogP contribution is -2.26. The summed E-state index contributed by atoms with van der Waals surface area (Å²) in [4.78, 5) is 11.7. The Kier molecular flexibility index (Phi) is 7.11. The minimum Gasteiger partial charge on any atom is -0.350 e. The summed E-state index contributed by atoms with van der Waals surface area (Å²) in [5, 5.41) is 3.02. The third-order valence-electron chi connectivity index (χ3n) is 3.04. The topological polar surface area (TPSA) is 55.1 Å². The summed E-state index contributed by atoms with van der Waals surface area (Å²) in [6, 6.07) is 10.1. The highest BCUT2D eigenvalue weighted by Crippen LogP contribution is 2.11. The van der Waals surface area contributed by atoms with Gasteiger partial charge in [-0.1, -0.05) is 43.2 Å². The van der Waals surface area contributed by atoms with Crippen LogP contribution in [0.4, 0.5) is 0 Å². The average Bonchev–Trinajstić information content (AvgIpc) is 2.39. The Morgan fingerprint density at radius 2 is 1.83 bits per heavy atom. The van der Waals surface area contributed by atoms with E-state index in [1.165, 1.54) is 0 Å². The normalized spacial score (nSPS) is 12.1. The molecule has 3 heteroatoms. The molecule has 3 nitrogen and oxygen atoms in total. The second kappa shape index (κ2) is 8.70. The fourth-order valence-corrected chi connectivity index (χ4v) is 1.92. The molecule has 0 aliphatic heterocycles. The van der Waals surface area contributed by atoms with Crippen molar-refractivity contribution in [2.45, 2.75) is 45.1 Å². The standard InChI is InChI=1S/C15H24N2O/c1-13(14-9-5-4-6-10-14)17-15(18)11-7-2-3-8-12-16/h4-6,9-10,13H,2-3,7-8,11-12,16H2,1H3,(H,17,18)/t13-/m1/s1. The van der Waals surface area contributed by atoms with E-state index in [-0.39, 0.29) is 11.9 Å². The number of hydrogen-bond donors (Lipinski definition) is 2. The number of amides is 1. The van der Waals surface area contributed by atoms with E-state index in [1.54, 1.807) is 0 Å². The van der Waals surface area contributed by atoms with Crippen LogP contribution in [0.5, 0.6) is 0 Å². The van der Waals surface area contributed by atoms with Gasteiger partial charge in [-0.15, -0.1) is 0 Å². The van der Waals surface area contributed by atoms with Gasteiger partial charge in [-0.25, -0.2) is 0 Å². The monoisotopic (exact) mass is 248 g/mol. The van der Waals surface area contributed by atoms with Gasteiger partial charge in [-0.05, 0) is 31.9 Å². The maximum Gasteiger partial charge on any atom is 0.220 e. The molecule has 0 saturated carbocycles. The second-order valence-corrected chi connectivity index (χ2v) is 4.65. The molecule has 1 aromatic carbocycles. The number of carbonyl (C=O) groups excluding carboxylic acids is 1. The Bertz CT molecular complexity index is 338. The highest BCUT2D eigenvalue weighted by molar-refractivity contribution is 5.76. The zero-order chi connectivity index (χ0) is 13.2. The van der Waals surface area contributed by atoms with Crippen LogP contribution in [0.2, 0.25) is 0 Å². The molecular formula is C15H24N2O. The van der Waals surface area contributed by atoms with E-state index >= 15 is 0 Å². The van der Waals surface area contributed by atoms with E-state index in [0.717, 1.165) is 37.8 Å². The number of nitrogens with one attached hydrogen (secondary N) is 1. The minimum absolute atomic E-state index is 0.0859. The molecule has 1 atom stereocenters. The van der Waals surface area contributed by atoms with Crippen molar-refractivity contribution in [2.24, 2.45) is 5.73 Å². The summed E-state index contributed by atoms with van der Waals surface area (Å²) in [6.07, 6.45) is 4.83. The average molecular weight is 248 g/mol. The number of carbonyl (C=O) groups is 1. The maximum absolute atomic E-state index is 11.7. The molecule has 0 bridgehead atoms. The van der Waals surface area contributed by atoms with Crippen LogP contribution in [-0.2, 0) is 4.79 Å². The molecule has 0 spiro atoms. The van der Waals surface area contributed by atoms with Crippen molar-refractivity contribution in [3.63, 3.8) is 0 Å². The minimum atomic E-state index is 0.0859. The first-order valence-electron chi connectivity index (χ1n) is 6.78. The van der Waals surface area contributed by atoms with Gasteiger partial charge >= 0.3 is 0 Å².